The van der Waals surface area contributed by atoms with Gasteiger partial charge >= 0.3 is 0 Å². The van der Waals surface area contributed by atoms with Crippen molar-refractivity contribution in [1.29, 1.82) is 0 Å². The summed E-state index contributed by atoms with van der Waals surface area (Å²) >= 11 is 6.36. The molecule has 0 atom stereocenters. The first-order valence-corrected chi connectivity index (χ1v) is 7.36. The number of rotatable bonds is 5. The van der Waals surface area contributed by atoms with E-state index in [0.29, 0.717) is 20.3 Å². The zero-order chi connectivity index (χ0) is 16.3. The van der Waals surface area contributed by atoms with Gasteiger partial charge in [-0.2, -0.15) is 0 Å². The summed E-state index contributed by atoms with van der Waals surface area (Å²) in [7, 11) is 0. The summed E-state index contributed by atoms with van der Waals surface area (Å²) in [6, 6.07) is 8.68. The van der Waals surface area contributed by atoms with Gasteiger partial charge in [0.25, 0.3) is 11.4 Å². The Kier molecular flexibility index (Phi) is 6.73. The van der Waals surface area contributed by atoms with Gasteiger partial charge in [-0.05, 0) is 12.1 Å². The van der Waals surface area contributed by atoms with Crippen LogP contribution in [0.5, 0.6) is 0 Å². The fourth-order valence-electron chi connectivity index (χ4n) is 1.65. The van der Waals surface area contributed by atoms with Crippen LogP contribution in [0.4, 0.5) is 22.7 Å². The van der Waals surface area contributed by atoms with Crippen molar-refractivity contribution < 1.29 is 9.85 Å². The van der Waals surface area contributed by atoms with E-state index in [1.54, 1.807) is 12.1 Å². The molecule has 0 saturated carbocycles. The van der Waals surface area contributed by atoms with Crippen LogP contribution in [0.2, 0.25) is 0 Å². The second-order valence-corrected chi connectivity index (χ2v) is 5.99. The van der Waals surface area contributed by atoms with Gasteiger partial charge in [0.05, 0.1) is 21.2 Å². The molecule has 2 aromatic carbocycles. The molecule has 0 aliphatic rings. The van der Waals surface area contributed by atoms with Gasteiger partial charge in [-0.25, -0.2) is 0 Å². The summed E-state index contributed by atoms with van der Waals surface area (Å²) < 4.78 is 1.07. The Bertz CT molecular complexity index is 696. The quantitative estimate of drug-likeness (QED) is 0.478. The van der Waals surface area contributed by atoms with Crippen LogP contribution in [0, 0.1) is 20.2 Å². The van der Waals surface area contributed by atoms with Crippen LogP contribution in [0.25, 0.3) is 0 Å². The maximum atomic E-state index is 10.8. The van der Waals surface area contributed by atoms with E-state index in [9.17, 15) is 20.2 Å². The molecule has 122 valence electrons. The zero-order valence-corrected chi connectivity index (χ0v) is 15.1. The largest absolute Gasteiger partial charge is 0.301 e. The third-order valence-corrected chi connectivity index (χ3v) is 3.45. The van der Waals surface area contributed by atoms with Gasteiger partial charge in [0.2, 0.25) is 0 Å². The molecule has 0 amide bonds. The minimum atomic E-state index is -0.514. The Labute approximate surface area is 153 Å². The van der Waals surface area contributed by atoms with E-state index in [4.69, 9.17) is 0 Å². The van der Waals surface area contributed by atoms with Gasteiger partial charge in [0.15, 0.2) is 0 Å². The number of hydrazine groups is 1. The van der Waals surface area contributed by atoms with Gasteiger partial charge in [-0.15, -0.1) is 12.4 Å². The highest BCUT2D eigenvalue weighted by Crippen LogP contribution is 2.27. The lowest BCUT2D eigenvalue weighted by Crippen LogP contribution is -2.09. The Hall–Kier alpha value is -1.91. The summed E-state index contributed by atoms with van der Waals surface area (Å²) in [6.07, 6.45) is 0. The Balaban J connectivity index is 0.00000264. The van der Waals surface area contributed by atoms with Crippen LogP contribution in [0.15, 0.2) is 45.3 Å². The molecular formula is C12H9Br2ClN4O4. The molecule has 0 spiro atoms. The lowest BCUT2D eigenvalue weighted by atomic mass is 10.3. The molecule has 11 heteroatoms. The summed E-state index contributed by atoms with van der Waals surface area (Å²) in [6.45, 7) is 0. The maximum Gasteiger partial charge on any atom is 0.272 e. The molecule has 0 aromatic heterocycles. The first kappa shape index (κ1) is 19.1. The van der Waals surface area contributed by atoms with Crippen molar-refractivity contribution in [3.63, 3.8) is 0 Å². The fourth-order valence-corrected chi connectivity index (χ4v) is 2.61. The van der Waals surface area contributed by atoms with E-state index in [0.717, 1.165) is 0 Å². The zero-order valence-electron chi connectivity index (χ0n) is 11.2. The smallest absolute Gasteiger partial charge is 0.272 e. The minimum Gasteiger partial charge on any atom is -0.301 e. The number of non-ortho nitro benzene ring substituents is 2. The SMILES string of the molecule is Cl.O=[N+]([O-])c1cc(Br)cc(NNc2cc(Br)cc([N+](=O)[O-])c2)c1. The Morgan fingerprint density at radius 3 is 1.39 bits per heavy atom. The standard InChI is InChI=1S/C12H8Br2N4O4.ClH/c13-7-1-9(5-11(3-7)17(19)20)15-16-10-2-8(14)4-12(6-10)18(21)22;/h1-6,15-16H;1H. The Morgan fingerprint density at radius 2 is 1.09 bits per heavy atom. The highest BCUT2D eigenvalue weighted by molar-refractivity contribution is 9.10. The Morgan fingerprint density at radius 1 is 0.739 bits per heavy atom. The van der Waals surface area contributed by atoms with Crippen LogP contribution in [-0.2, 0) is 0 Å². The molecule has 0 fully saturated rings. The molecule has 0 saturated heterocycles. The molecule has 23 heavy (non-hydrogen) atoms. The predicted molar refractivity (Wildman–Crippen MR) is 96.1 cm³/mol. The van der Waals surface area contributed by atoms with E-state index in [2.05, 4.69) is 42.7 Å². The summed E-state index contributed by atoms with van der Waals surface area (Å²) in [4.78, 5) is 20.6. The van der Waals surface area contributed by atoms with Crippen molar-refractivity contribution in [3.05, 3.63) is 65.6 Å². The molecular weight excluding hydrogens is 459 g/mol. The van der Waals surface area contributed by atoms with Crippen molar-refractivity contribution in [1.82, 2.24) is 0 Å². The van der Waals surface area contributed by atoms with Crippen LogP contribution >= 0.6 is 44.3 Å². The summed E-state index contributed by atoms with van der Waals surface area (Å²) in [5, 5.41) is 21.6. The first-order valence-electron chi connectivity index (χ1n) is 5.77. The number of nitro benzene ring substituents is 2. The van der Waals surface area contributed by atoms with Crippen molar-refractivity contribution in [3.8, 4) is 0 Å². The molecule has 0 aliphatic carbocycles. The molecule has 8 nitrogen and oxygen atoms in total. The van der Waals surface area contributed by atoms with Gasteiger partial charge in [-0.3, -0.25) is 20.2 Å². The lowest BCUT2D eigenvalue weighted by Gasteiger charge is -2.10. The van der Waals surface area contributed by atoms with Crippen molar-refractivity contribution >= 4 is 67.0 Å². The third-order valence-electron chi connectivity index (χ3n) is 2.54. The molecule has 2 aromatic rings. The van der Waals surface area contributed by atoms with Gasteiger partial charge in [0, 0.05) is 33.2 Å². The number of nitrogens with zero attached hydrogens (tertiary/aromatic N) is 2. The number of hydrogen-bond acceptors (Lipinski definition) is 6. The summed E-state index contributed by atoms with van der Waals surface area (Å²) in [5.41, 5.74) is 6.22. The second-order valence-electron chi connectivity index (χ2n) is 4.16. The number of nitrogens with one attached hydrogen (secondary N) is 2. The topological polar surface area (TPSA) is 110 Å². The third kappa shape index (κ3) is 5.34. The number of halogens is 3. The average Bonchev–Trinajstić information content (AvgIpc) is 2.44. The number of benzene rings is 2. The van der Waals surface area contributed by atoms with Crippen molar-refractivity contribution in [2.75, 3.05) is 10.9 Å². The highest BCUT2D eigenvalue weighted by atomic mass is 79.9. The average molecular weight is 468 g/mol. The minimum absolute atomic E-state index is 0. The molecule has 0 unspecified atom stereocenters. The number of hydrogen-bond donors (Lipinski definition) is 2. The van der Waals surface area contributed by atoms with E-state index in [1.807, 2.05) is 0 Å². The van der Waals surface area contributed by atoms with Crippen molar-refractivity contribution in [2.24, 2.45) is 0 Å². The van der Waals surface area contributed by atoms with E-state index in [-0.39, 0.29) is 23.8 Å². The molecule has 0 radical (unpaired) electrons. The second kappa shape index (κ2) is 8.09. The fraction of sp³-hybridized carbons (Fsp3) is 0. The van der Waals surface area contributed by atoms with E-state index in [1.165, 1.54) is 24.3 Å². The lowest BCUT2D eigenvalue weighted by molar-refractivity contribution is -0.385. The molecule has 2 N–H and O–H groups in total. The van der Waals surface area contributed by atoms with Crippen LogP contribution < -0.4 is 10.9 Å². The molecule has 0 aliphatic heterocycles. The van der Waals surface area contributed by atoms with E-state index < -0.39 is 9.85 Å². The number of anilines is 2. The van der Waals surface area contributed by atoms with Crippen LogP contribution in [0.3, 0.4) is 0 Å². The maximum absolute atomic E-state index is 10.8. The van der Waals surface area contributed by atoms with Gasteiger partial charge < -0.3 is 10.9 Å². The highest BCUT2D eigenvalue weighted by Gasteiger charge is 2.10. The van der Waals surface area contributed by atoms with Gasteiger partial charge in [0.1, 0.15) is 0 Å². The van der Waals surface area contributed by atoms with Crippen LogP contribution in [0.1, 0.15) is 0 Å². The molecule has 0 heterocycles. The van der Waals surface area contributed by atoms with Gasteiger partial charge in [-0.1, -0.05) is 31.9 Å². The van der Waals surface area contributed by atoms with Crippen LogP contribution in [-0.4, -0.2) is 9.85 Å². The molecule has 0 bridgehead atoms. The first-order chi connectivity index (χ1) is 10.3. The van der Waals surface area contributed by atoms with Crippen molar-refractivity contribution in [2.45, 2.75) is 0 Å². The molecule has 2 rings (SSSR count). The summed E-state index contributed by atoms with van der Waals surface area (Å²) in [5.74, 6) is 0. The van der Waals surface area contributed by atoms with E-state index >= 15 is 0 Å². The predicted octanol–water partition coefficient (Wildman–Crippen LogP) is 4.89. The monoisotopic (exact) mass is 466 g/mol. The number of nitro groups is 2. The normalized spacial score (nSPS) is 9.65.